The minimum absolute atomic E-state index is 0.0674. The summed E-state index contributed by atoms with van der Waals surface area (Å²) < 4.78 is 46.5. The summed E-state index contributed by atoms with van der Waals surface area (Å²) in [7, 11) is 3.21. The van der Waals surface area contributed by atoms with Gasteiger partial charge in [-0.25, -0.2) is 9.78 Å². The largest absolute Gasteiger partial charge is 0.416 e. The first-order valence-corrected chi connectivity index (χ1v) is 14.2. The molecule has 0 radical (unpaired) electrons. The molecule has 42 heavy (non-hydrogen) atoms. The maximum absolute atomic E-state index is 13.9. The summed E-state index contributed by atoms with van der Waals surface area (Å²) in [6, 6.07) is 8.54. The van der Waals surface area contributed by atoms with Gasteiger partial charge in [0.15, 0.2) is 5.13 Å². The van der Waals surface area contributed by atoms with E-state index in [1.807, 2.05) is 11.8 Å². The number of thiazole rings is 1. The standard InChI is InChI=1S/C30H32F3N5O3S/c1-20-6-7-22(16-21(20)9-11-25-18-34-28(42-25)36-29(40)37(2)14-15-41-3)27(39)35-24-10-8-23(19-38-12-4-5-13-38)26(17-24)30(31,32)33/h6-8,10,16-18H,4-5,12-15,19H2,1-3H3,(H,35,39)(H,34,36,40). The van der Waals surface area contributed by atoms with Crippen LogP contribution in [0.3, 0.4) is 0 Å². The SMILES string of the molecule is COCCN(C)C(=O)Nc1ncc(C#Cc2cc(C(=O)Nc3ccc(CN4CCCC4)c(C(F)(F)F)c3)ccc2C)s1. The van der Waals surface area contributed by atoms with Gasteiger partial charge >= 0.3 is 12.2 Å². The average Bonchev–Trinajstić information content (AvgIpc) is 3.63. The molecule has 222 valence electrons. The second-order valence-corrected chi connectivity index (χ2v) is 11.0. The van der Waals surface area contributed by atoms with Gasteiger partial charge in [0.25, 0.3) is 5.91 Å². The van der Waals surface area contributed by atoms with Crippen molar-refractivity contribution >= 4 is 34.1 Å². The predicted octanol–water partition coefficient (Wildman–Crippen LogP) is 5.83. The molecule has 8 nitrogen and oxygen atoms in total. The van der Waals surface area contributed by atoms with Crippen molar-refractivity contribution in [1.29, 1.82) is 0 Å². The van der Waals surface area contributed by atoms with Crippen molar-refractivity contribution in [2.24, 2.45) is 0 Å². The number of hydrogen-bond donors (Lipinski definition) is 2. The lowest BCUT2D eigenvalue weighted by atomic mass is 10.0. The van der Waals surface area contributed by atoms with E-state index in [1.165, 1.54) is 28.4 Å². The van der Waals surface area contributed by atoms with Crippen molar-refractivity contribution < 1.29 is 27.5 Å². The summed E-state index contributed by atoms with van der Waals surface area (Å²) in [4.78, 5) is 33.5. The Hall–Kier alpha value is -3.92. The van der Waals surface area contributed by atoms with Crippen LogP contribution in [0.5, 0.6) is 0 Å². The van der Waals surface area contributed by atoms with E-state index in [0.29, 0.717) is 28.7 Å². The van der Waals surface area contributed by atoms with Crippen LogP contribution in [-0.4, -0.2) is 67.1 Å². The molecule has 0 bridgehead atoms. The van der Waals surface area contributed by atoms with E-state index in [2.05, 4.69) is 27.5 Å². The van der Waals surface area contributed by atoms with Crippen LogP contribution in [0.4, 0.5) is 28.8 Å². The first-order chi connectivity index (χ1) is 20.0. The third-order valence-corrected chi connectivity index (χ3v) is 7.61. The number of carbonyl (C=O) groups is 2. The van der Waals surface area contributed by atoms with Crippen LogP contribution in [0.15, 0.2) is 42.6 Å². The van der Waals surface area contributed by atoms with Gasteiger partial charge in [-0.15, -0.1) is 0 Å². The van der Waals surface area contributed by atoms with Crippen molar-refractivity contribution in [1.82, 2.24) is 14.8 Å². The third kappa shape index (κ3) is 8.31. The van der Waals surface area contributed by atoms with Crippen LogP contribution in [0, 0.1) is 18.8 Å². The highest BCUT2D eigenvalue weighted by Gasteiger charge is 2.34. The van der Waals surface area contributed by atoms with Crippen molar-refractivity contribution in [2.75, 3.05) is 51.0 Å². The second-order valence-electron chi connectivity index (χ2n) is 9.96. The number of carbonyl (C=O) groups excluding carboxylic acids is 2. The first kappa shape index (κ1) is 31.0. The monoisotopic (exact) mass is 599 g/mol. The number of hydrogen-bond acceptors (Lipinski definition) is 6. The Bertz CT molecular complexity index is 1490. The Labute approximate surface area is 246 Å². The molecule has 3 aromatic rings. The fourth-order valence-corrected chi connectivity index (χ4v) is 5.03. The highest BCUT2D eigenvalue weighted by atomic mass is 32.1. The number of benzene rings is 2. The summed E-state index contributed by atoms with van der Waals surface area (Å²) >= 11 is 1.21. The van der Waals surface area contributed by atoms with Gasteiger partial charge < -0.3 is 15.0 Å². The maximum atomic E-state index is 13.9. The van der Waals surface area contributed by atoms with Crippen molar-refractivity contribution in [3.8, 4) is 11.8 Å². The molecule has 1 aromatic heterocycles. The van der Waals surface area contributed by atoms with Gasteiger partial charge in [-0.05, 0) is 74.2 Å². The number of urea groups is 1. The van der Waals surface area contributed by atoms with Gasteiger partial charge in [-0.2, -0.15) is 13.2 Å². The van der Waals surface area contributed by atoms with Crippen LogP contribution in [0.1, 0.15) is 50.3 Å². The maximum Gasteiger partial charge on any atom is 0.416 e. The Morgan fingerprint density at radius 1 is 1.12 bits per heavy atom. The summed E-state index contributed by atoms with van der Waals surface area (Å²) in [6.45, 7) is 4.46. The van der Waals surface area contributed by atoms with Crippen molar-refractivity contribution in [2.45, 2.75) is 32.5 Å². The molecule has 0 atom stereocenters. The number of rotatable bonds is 8. The molecule has 1 saturated heterocycles. The second kappa shape index (κ2) is 13.8. The fraction of sp³-hybridized carbons (Fsp3) is 0.367. The summed E-state index contributed by atoms with van der Waals surface area (Å²) in [5.74, 6) is 5.48. The lowest BCUT2D eigenvalue weighted by molar-refractivity contribution is -0.138. The molecular weight excluding hydrogens is 567 g/mol. The lowest BCUT2D eigenvalue weighted by Gasteiger charge is -2.20. The zero-order valence-electron chi connectivity index (χ0n) is 23.6. The number of aryl methyl sites for hydroxylation is 1. The van der Waals surface area contributed by atoms with Crippen molar-refractivity contribution in [3.05, 3.63) is 75.3 Å². The van der Waals surface area contributed by atoms with Crippen LogP contribution < -0.4 is 10.6 Å². The minimum Gasteiger partial charge on any atom is -0.383 e. The molecule has 1 fully saturated rings. The number of aromatic nitrogens is 1. The lowest BCUT2D eigenvalue weighted by Crippen LogP contribution is -2.33. The summed E-state index contributed by atoms with van der Waals surface area (Å²) in [5, 5.41) is 5.69. The molecule has 0 unspecified atom stereocenters. The topological polar surface area (TPSA) is 86.8 Å². The van der Waals surface area contributed by atoms with E-state index in [9.17, 15) is 22.8 Å². The van der Waals surface area contributed by atoms with Crippen molar-refractivity contribution in [3.63, 3.8) is 0 Å². The van der Waals surface area contributed by atoms with Gasteiger partial charge in [-0.3, -0.25) is 15.0 Å². The number of anilines is 2. The number of nitrogens with zero attached hydrogens (tertiary/aromatic N) is 3. The van der Waals surface area contributed by atoms with E-state index in [0.717, 1.165) is 37.6 Å². The summed E-state index contributed by atoms with van der Waals surface area (Å²) in [5.41, 5.74) is 1.18. The number of amides is 3. The molecule has 2 N–H and O–H groups in total. The smallest absolute Gasteiger partial charge is 0.383 e. The van der Waals surface area contributed by atoms with Crippen LogP contribution >= 0.6 is 11.3 Å². The number of methoxy groups -OCH3 is 1. The number of nitrogens with one attached hydrogen (secondary N) is 2. The van der Waals surface area contributed by atoms with Crippen LogP contribution in [0.25, 0.3) is 0 Å². The van der Waals surface area contributed by atoms with Gasteiger partial charge in [0.2, 0.25) is 0 Å². The van der Waals surface area contributed by atoms with Gasteiger partial charge in [0, 0.05) is 44.1 Å². The van der Waals surface area contributed by atoms with Crippen LogP contribution in [-0.2, 0) is 17.5 Å². The van der Waals surface area contributed by atoms with E-state index >= 15 is 0 Å². The molecule has 3 amide bonds. The molecule has 1 aliphatic heterocycles. The number of ether oxygens (including phenoxy) is 1. The average molecular weight is 600 g/mol. The first-order valence-electron chi connectivity index (χ1n) is 13.4. The molecule has 0 saturated carbocycles. The Balaban J connectivity index is 1.45. The number of halogens is 3. The predicted molar refractivity (Wildman–Crippen MR) is 157 cm³/mol. The molecule has 2 aromatic carbocycles. The molecule has 0 aliphatic carbocycles. The number of alkyl halides is 3. The summed E-state index contributed by atoms with van der Waals surface area (Å²) in [6.07, 6.45) is -1.04. The Morgan fingerprint density at radius 3 is 2.60 bits per heavy atom. The highest BCUT2D eigenvalue weighted by Crippen LogP contribution is 2.35. The zero-order valence-corrected chi connectivity index (χ0v) is 24.4. The van der Waals surface area contributed by atoms with E-state index in [1.54, 1.807) is 38.6 Å². The van der Waals surface area contributed by atoms with Gasteiger partial charge in [0.1, 0.15) is 0 Å². The molecule has 0 spiro atoms. The molecule has 4 rings (SSSR count). The number of likely N-dealkylation sites (N-methyl/N-ethyl adjacent to an activating group) is 1. The van der Waals surface area contributed by atoms with Gasteiger partial charge in [-0.1, -0.05) is 29.4 Å². The van der Waals surface area contributed by atoms with E-state index in [-0.39, 0.29) is 29.4 Å². The van der Waals surface area contributed by atoms with Crippen LogP contribution in [0.2, 0.25) is 0 Å². The highest BCUT2D eigenvalue weighted by molar-refractivity contribution is 7.16. The molecule has 12 heteroatoms. The number of likely N-dealkylation sites (tertiary alicyclic amines) is 1. The zero-order chi connectivity index (χ0) is 30.3. The fourth-order valence-electron chi connectivity index (χ4n) is 4.37. The minimum atomic E-state index is -4.54. The molecule has 1 aliphatic rings. The Kier molecular flexibility index (Phi) is 10.2. The van der Waals surface area contributed by atoms with E-state index in [4.69, 9.17) is 4.74 Å². The molecular formula is C30H32F3N5O3S. The third-order valence-electron chi connectivity index (χ3n) is 6.78. The quantitative estimate of drug-likeness (QED) is 0.319. The normalized spacial score (nSPS) is 13.4. The van der Waals surface area contributed by atoms with E-state index < -0.39 is 17.6 Å². The molecule has 2 heterocycles. The van der Waals surface area contributed by atoms with Gasteiger partial charge in [0.05, 0.1) is 23.2 Å². The Morgan fingerprint density at radius 2 is 1.88 bits per heavy atom.